The van der Waals surface area contributed by atoms with Gasteiger partial charge in [0, 0.05) is 38.0 Å². The number of cyclic esters (lactones) is 1. The summed E-state index contributed by atoms with van der Waals surface area (Å²) in [5.41, 5.74) is 0.872. The Bertz CT molecular complexity index is 634. The largest absolute Gasteiger partial charge is 0.461 e. The van der Waals surface area contributed by atoms with Crippen LogP contribution in [0.2, 0.25) is 0 Å². The fraction of sp³-hybridized carbons (Fsp3) is 0.789. The number of esters is 1. The summed E-state index contributed by atoms with van der Waals surface area (Å²) in [6.45, 7) is 7.43. The Morgan fingerprint density at radius 3 is 2.65 bits per heavy atom. The second-order valence-corrected chi connectivity index (χ2v) is 9.24. The number of ether oxygens (including phenoxy) is 1. The van der Waals surface area contributed by atoms with Gasteiger partial charge < -0.3 is 9.84 Å². The molecule has 1 unspecified atom stereocenters. The Hall–Kier alpha value is -1.02. The summed E-state index contributed by atoms with van der Waals surface area (Å²) in [5, 5.41) is 12.9. The first-order chi connectivity index (χ1) is 12.5. The molecule has 0 radical (unpaired) electrons. The van der Waals surface area contributed by atoms with Crippen molar-refractivity contribution in [3.8, 4) is 0 Å². The zero-order chi connectivity index (χ0) is 18.1. The maximum Gasteiger partial charge on any atom is 0.312 e. The van der Waals surface area contributed by atoms with Crippen LogP contribution in [0.15, 0.2) is 5.38 Å². The Labute approximate surface area is 159 Å². The number of aliphatic hydroxyl groups excluding tert-OH is 1. The number of aliphatic hydroxyl groups is 1. The summed E-state index contributed by atoms with van der Waals surface area (Å²) < 4.78 is 5.77. The Morgan fingerprint density at radius 1 is 1.27 bits per heavy atom. The number of thiazole rings is 1. The van der Waals surface area contributed by atoms with Crippen molar-refractivity contribution in [3.05, 3.63) is 16.1 Å². The number of hydrogen-bond donors (Lipinski definition) is 1. The second-order valence-electron chi connectivity index (χ2n) is 8.18. The molecule has 3 fully saturated rings. The van der Waals surface area contributed by atoms with Gasteiger partial charge in [-0.3, -0.25) is 14.6 Å². The van der Waals surface area contributed by atoms with E-state index in [4.69, 9.17) is 4.74 Å². The quantitative estimate of drug-likeness (QED) is 0.805. The maximum atomic E-state index is 12.6. The number of nitrogens with zero attached hydrogens (tertiary/aromatic N) is 3. The average molecular weight is 380 g/mol. The molecule has 1 spiro atoms. The molecule has 3 aliphatic rings. The first-order valence-electron chi connectivity index (χ1n) is 9.77. The van der Waals surface area contributed by atoms with Gasteiger partial charge in [0.2, 0.25) is 0 Å². The summed E-state index contributed by atoms with van der Waals surface area (Å²) in [7, 11) is 0. The third-order valence-electron chi connectivity index (χ3n) is 6.21. The summed E-state index contributed by atoms with van der Waals surface area (Å²) in [6, 6.07) is 0. The van der Waals surface area contributed by atoms with Crippen LogP contribution in [-0.4, -0.2) is 70.8 Å². The minimum atomic E-state index is -0.269. The van der Waals surface area contributed by atoms with Crippen LogP contribution in [-0.2, 0) is 16.1 Å². The topological polar surface area (TPSA) is 65.9 Å². The van der Waals surface area contributed by atoms with Gasteiger partial charge in [-0.1, -0.05) is 0 Å². The zero-order valence-corrected chi connectivity index (χ0v) is 16.3. The molecule has 4 rings (SSSR count). The average Bonchev–Trinajstić information content (AvgIpc) is 3.16. The predicted molar refractivity (Wildman–Crippen MR) is 100.0 cm³/mol. The van der Waals surface area contributed by atoms with Crippen LogP contribution in [0, 0.1) is 12.3 Å². The number of aryl methyl sites for hydroxylation is 1. The Balaban J connectivity index is 1.28. The van der Waals surface area contributed by atoms with E-state index in [1.54, 1.807) is 11.3 Å². The van der Waals surface area contributed by atoms with Gasteiger partial charge in [0.05, 0.1) is 22.2 Å². The molecule has 0 aromatic carbocycles. The highest BCUT2D eigenvalue weighted by molar-refractivity contribution is 7.09. The van der Waals surface area contributed by atoms with Crippen LogP contribution in [0.25, 0.3) is 0 Å². The number of hydrogen-bond acceptors (Lipinski definition) is 7. The first-order valence-corrected chi connectivity index (χ1v) is 10.7. The number of rotatable bonds is 4. The molecule has 1 aromatic heterocycles. The van der Waals surface area contributed by atoms with E-state index in [0.717, 1.165) is 82.1 Å². The van der Waals surface area contributed by atoms with Crippen LogP contribution >= 0.6 is 11.3 Å². The molecule has 7 heteroatoms. The van der Waals surface area contributed by atoms with Crippen LogP contribution in [0.3, 0.4) is 0 Å². The lowest BCUT2D eigenvalue weighted by Gasteiger charge is -2.36. The Morgan fingerprint density at radius 2 is 2.00 bits per heavy atom. The van der Waals surface area contributed by atoms with Crippen molar-refractivity contribution in [2.24, 2.45) is 5.41 Å². The molecule has 0 aliphatic carbocycles. The van der Waals surface area contributed by atoms with Gasteiger partial charge in [-0.25, -0.2) is 4.98 Å². The lowest BCUT2D eigenvalue weighted by atomic mass is 9.76. The van der Waals surface area contributed by atoms with Gasteiger partial charge in [-0.05, 0) is 45.7 Å². The molecule has 144 valence electrons. The van der Waals surface area contributed by atoms with E-state index in [1.807, 2.05) is 6.92 Å². The van der Waals surface area contributed by atoms with Gasteiger partial charge >= 0.3 is 5.97 Å². The molecule has 26 heavy (non-hydrogen) atoms. The lowest BCUT2D eigenvalue weighted by molar-refractivity contribution is -0.151. The van der Waals surface area contributed by atoms with Gasteiger partial charge in [0.15, 0.2) is 0 Å². The van der Waals surface area contributed by atoms with Crippen molar-refractivity contribution in [1.29, 1.82) is 0 Å². The standard InChI is InChI=1S/C19H29N3O3S/c1-14-20-15(13-26-14)11-22-8-4-19(5-9-22)10-17(25-18(19)24)12-21-6-2-16(23)3-7-21/h13,16-17,23H,2-12H2,1H3. The highest BCUT2D eigenvalue weighted by Crippen LogP contribution is 2.43. The normalized spacial score (nSPS) is 27.9. The third-order valence-corrected chi connectivity index (χ3v) is 7.03. The van der Waals surface area contributed by atoms with Crippen LogP contribution in [0.4, 0.5) is 0 Å². The Kier molecular flexibility index (Phi) is 5.32. The summed E-state index contributed by atoms with van der Waals surface area (Å²) >= 11 is 1.70. The maximum absolute atomic E-state index is 12.6. The van der Waals surface area contributed by atoms with E-state index in [0.29, 0.717) is 0 Å². The number of carbonyl (C=O) groups is 1. The zero-order valence-electron chi connectivity index (χ0n) is 15.5. The van der Waals surface area contributed by atoms with Crippen molar-refractivity contribution in [2.45, 2.75) is 57.8 Å². The smallest absolute Gasteiger partial charge is 0.312 e. The van der Waals surface area contributed by atoms with Crippen LogP contribution in [0.1, 0.15) is 42.8 Å². The molecule has 0 amide bonds. The van der Waals surface area contributed by atoms with Crippen molar-refractivity contribution < 1.29 is 14.6 Å². The van der Waals surface area contributed by atoms with Gasteiger partial charge in [0.25, 0.3) is 0 Å². The minimum absolute atomic E-state index is 0.0173. The second kappa shape index (κ2) is 7.54. The minimum Gasteiger partial charge on any atom is -0.461 e. The number of piperidine rings is 2. The third kappa shape index (κ3) is 3.96. The highest BCUT2D eigenvalue weighted by atomic mass is 32.1. The fourth-order valence-electron chi connectivity index (χ4n) is 4.59. The number of likely N-dealkylation sites (tertiary alicyclic amines) is 2. The monoisotopic (exact) mass is 379 g/mol. The van der Waals surface area contributed by atoms with Crippen molar-refractivity contribution in [2.75, 3.05) is 32.7 Å². The van der Waals surface area contributed by atoms with Gasteiger partial charge in [0.1, 0.15) is 6.10 Å². The van der Waals surface area contributed by atoms with E-state index in [9.17, 15) is 9.90 Å². The molecular weight excluding hydrogens is 350 g/mol. The molecule has 0 bridgehead atoms. The number of carbonyl (C=O) groups excluding carboxylic acids is 1. The molecule has 3 saturated heterocycles. The van der Waals surface area contributed by atoms with Crippen molar-refractivity contribution in [3.63, 3.8) is 0 Å². The molecule has 1 atom stereocenters. The van der Waals surface area contributed by atoms with Crippen molar-refractivity contribution >= 4 is 17.3 Å². The van der Waals surface area contributed by atoms with E-state index in [-0.39, 0.29) is 23.6 Å². The van der Waals surface area contributed by atoms with Crippen LogP contribution < -0.4 is 0 Å². The molecule has 3 aliphatic heterocycles. The highest BCUT2D eigenvalue weighted by Gasteiger charge is 2.50. The molecule has 1 aromatic rings. The van der Waals surface area contributed by atoms with E-state index >= 15 is 0 Å². The van der Waals surface area contributed by atoms with E-state index < -0.39 is 0 Å². The molecule has 6 nitrogen and oxygen atoms in total. The molecule has 4 heterocycles. The van der Waals surface area contributed by atoms with Gasteiger partial charge in [-0.2, -0.15) is 0 Å². The fourth-order valence-corrected chi connectivity index (χ4v) is 5.19. The van der Waals surface area contributed by atoms with E-state index in [1.165, 1.54) is 0 Å². The summed E-state index contributed by atoms with van der Waals surface area (Å²) in [4.78, 5) is 21.9. The lowest BCUT2D eigenvalue weighted by Crippen LogP contribution is -2.42. The van der Waals surface area contributed by atoms with Gasteiger partial charge in [-0.15, -0.1) is 11.3 Å². The predicted octanol–water partition coefficient (Wildman–Crippen LogP) is 1.81. The molecule has 0 saturated carbocycles. The van der Waals surface area contributed by atoms with Crippen LogP contribution in [0.5, 0.6) is 0 Å². The van der Waals surface area contributed by atoms with E-state index in [2.05, 4.69) is 20.2 Å². The number of aromatic nitrogens is 1. The summed E-state index contributed by atoms with van der Waals surface area (Å²) in [6.07, 6.45) is 4.16. The first kappa shape index (κ1) is 18.3. The van der Waals surface area contributed by atoms with Crippen molar-refractivity contribution in [1.82, 2.24) is 14.8 Å². The molecular formula is C19H29N3O3S. The molecule has 1 N–H and O–H groups in total. The SMILES string of the molecule is Cc1nc(CN2CCC3(CC2)CC(CN2CCC(O)CC2)OC3=O)cs1. The summed E-state index contributed by atoms with van der Waals surface area (Å²) in [5.74, 6) is 0.0173.